The molecule has 1 aromatic carbocycles. The van der Waals surface area contributed by atoms with Crippen molar-refractivity contribution in [1.82, 2.24) is 9.62 Å². The van der Waals surface area contributed by atoms with Gasteiger partial charge in [-0.25, -0.2) is 12.7 Å². The molecule has 0 fully saturated rings. The lowest BCUT2D eigenvalue weighted by Crippen LogP contribution is -2.27. The topological polar surface area (TPSA) is 78.5 Å². The van der Waals surface area contributed by atoms with E-state index in [-0.39, 0.29) is 10.8 Å². The molecule has 0 spiro atoms. The molecular formula is C14H23N3O3S. The number of carbonyl (C=O) groups is 1. The van der Waals surface area contributed by atoms with Crippen LogP contribution in [0, 0.1) is 0 Å². The van der Waals surface area contributed by atoms with E-state index in [2.05, 4.69) is 10.6 Å². The van der Waals surface area contributed by atoms with E-state index in [4.69, 9.17) is 0 Å². The summed E-state index contributed by atoms with van der Waals surface area (Å²) in [5, 5.41) is 5.89. The van der Waals surface area contributed by atoms with Crippen molar-refractivity contribution in [2.75, 3.05) is 26.0 Å². The summed E-state index contributed by atoms with van der Waals surface area (Å²) in [6.07, 6.45) is 0.371. The Bertz CT molecular complexity index is 566. The van der Waals surface area contributed by atoms with Crippen LogP contribution in [0.5, 0.6) is 0 Å². The third-order valence-electron chi connectivity index (χ3n) is 2.82. The fourth-order valence-corrected chi connectivity index (χ4v) is 2.52. The van der Waals surface area contributed by atoms with Gasteiger partial charge >= 0.3 is 0 Å². The molecule has 21 heavy (non-hydrogen) atoms. The summed E-state index contributed by atoms with van der Waals surface area (Å²) in [6.45, 7) is 4.64. The summed E-state index contributed by atoms with van der Waals surface area (Å²) in [7, 11) is -0.477. The third-order valence-corrected chi connectivity index (χ3v) is 4.65. The predicted octanol–water partition coefficient (Wildman–Crippen LogP) is 1.26. The number of hydrogen-bond acceptors (Lipinski definition) is 4. The number of nitrogens with zero attached hydrogens (tertiary/aromatic N) is 1. The van der Waals surface area contributed by atoms with Gasteiger partial charge in [-0.1, -0.05) is 13.8 Å². The van der Waals surface area contributed by atoms with Crippen LogP contribution >= 0.6 is 0 Å². The second kappa shape index (κ2) is 7.53. The van der Waals surface area contributed by atoms with Crippen molar-refractivity contribution in [3.8, 4) is 0 Å². The first kappa shape index (κ1) is 17.6. The van der Waals surface area contributed by atoms with Gasteiger partial charge < -0.3 is 10.6 Å². The zero-order chi connectivity index (χ0) is 16.0. The van der Waals surface area contributed by atoms with Crippen LogP contribution < -0.4 is 10.6 Å². The molecule has 1 aromatic rings. The van der Waals surface area contributed by atoms with Crippen LogP contribution in [0.15, 0.2) is 29.2 Å². The number of rotatable bonds is 7. The molecule has 0 unspecified atom stereocenters. The third kappa shape index (κ3) is 5.45. The molecule has 118 valence electrons. The largest absolute Gasteiger partial charge is 0.326 e. The molecule has 0 atom stereocenters. The first-order valence-electron chi connectivity index (χ1n) is 6.79. The summed E-state index contributed by atoms with van der Waals surface area (Å²) in [5.74, 6) is -0.105. The molecule has 0 aliphatic heterocycles. The highest BCUT2D eigenvalue weighted by Crippen LogP contribution is 2.16. The van der Waals surface area contributed by atoms with Crippen molar-refractivity contribution in [2.45, 2.75) is 31.2 Å². The molecular weight excluding hydrogens is 290 g/mol. The lowest BCUT2D eigenvalue weighted by atomic mass is 10.3. The fourth-order valence-electron chi connectivity index (χ4n) is 1.62. The van der Waals surface area contributed by atoms with Gasteiger partial charge in [-0.2, -0.15) is 0 Å². The Morgan fingerprint density at radius 1 is 1.19 bits per heavy atom. The zero-order valence-corrected chi connectivity index (χ0v) is 13.7. The van der Waals surface area contributed by atoms with E-state index in [0.29, 0.717) is 24.7 Å². The van der Waals surface area contributed by atoms with Gasteiger partial charge in [0.05, 0.1) is 4.90 Å². The first-order valence-corrected chi connectivity index (χ1v) is 8.23. The van der Waals surface area contributed by atoms with Gasteiger partial charge in [0.1, 0.15) is 0 Å². The van der Waals surface area contributed by atoms with Crippen LogP contribution in [0.2, 0.25) is 0 Å². The van der Waals surface area contributed by atoms with Gasteiger partial charge in [0, 0.05) is 38.8 Å². The first-order chi connectivity index (χ1) is 9.73. The van der Waals surface area contributed by atoms with Gasteiger partial charge in [0.15, 0.2) is 0 Å². The van der Waals surface area contributed by atoms with Crippen molar-refractivity contribution in [1.29, 1.82) is 0 Å². The maximum absolute atomic E-state index is 11.9. The number of carbonyl (C=O) groups excluding carboxylic acids is 1. The molecule has 1 rings (SSSR count). The van der Waals surface area contributed by atoms with Crippen molar-refractivity contribution in [3.05, 3.63) is 24.3 Å². The quantitative estimate of drug-likeness (QED) is 0.794. The van der Waals surface area contributed by atoms with E-state index in [0.717, 1.165) is 4.31 Å². The minimum absolute atomic E-state index is 0.105. The second-order valence-corrected chi connectivity index (χ2v) is 7.37. The molecule has 7 heteroatoms. The smallest absolute Gasteiger partial charge is 0.242 e. The van der Waals surface area contributed by atoms with Crippen LogP contribution in [0.1, 0.15) is 20.3 Å². The molecule has 0 heterocycles. The fraction of sp³-hybridized carbons (Fsp3) is 0.500. The number of sulfonamides is 1. The summed E-state index contributed by atoms with van der Waals surface area (Å²) in [6, 6.07) is 6.48. The maximum Gasteiger partial charge on any atom is 0.242 e. The van der Waals surface area contributed by atoms with Gasteiger partial charge in [-0.3, -0.25) is 4.79 Å². The minimum atomic E-state index is -3.44. The van der Waals surface area contributed by atoms with Crippen LogP contribution in [0.4, 0.5) is 5.69 Å². The Hall–Kier alpha value is -1.44. The Morgan fingerprint density at radius 3 is 2.24 bits per heavy atom. The Labute approximate surface area is 126 Å². The van der Waals surface area contributed by atoms with Crippen LogP contribution in [0.25, 0.3) is 0 Å². The Morgan fingerprint density at radius 2 is 1.76 bits per heavy atom. The van der Waals surface area contributed by atoms with Crippen LogP contribution in [0.3, 0.4) is 0 Å². The standard InChI is InChI=1S/C14H23N3O3S/c1-11(2)15-10-9-14(18)16-12-5-7-13(8-6-12)21(19,20)17(3)4/h5-8,11,15H,9-10H2,1-4H3,(H,16,18). The molecule has 0 radical (unpaired) electrons. The molecule has 1 amide bonds. The van der Waals surface area contributed by atoms with Crippen molar-refractivity contribution >= 4 is 21.6 Å². The van der Waals surface area contributed by atoms with Crippen molar-refractivity contribution in [3.63, 3.8) is 0 Å². The molecule has 2 N–H and O–H groups in total. The second-order valence-electron chi connectivity index (χ2n) is 5.22. The average molecular weight is 313 g/mol. The van der Waals surface area contributed by atoms with Crippen LogP contribution in [-0.4, -0.2) is 45.3 Å². The van der Waals surface area contributed by atoms with Crippen molar-refractivity contribution < 1.29 is 13.2 Å². The summed E-state index contributed by atoms with van der Waals surface area (Å²) in [4.78, 5) is 11.9. The monoisotopic (exact) mass is 313 g/mol. The van der Waals surface area contributed by atoms with Gasteiger partial charge in [-0.15, -0.1) is 0 Å². The van der Waals surface area contributed by atoms with Crippen molar-refractivity contribution in [2.24, 2.45) is 0 Å². The number of amides is 1. The molecule has 0 bridgehead atoms. The van der Waals surface area contributed by atoms with Gasteiger partial charge in [0.2, 0.25) is 15.9 Å². The predicted molar refractivity (Wildman–Crippen MR) is 83.7 cm³/mol. The molecule has 0 saturated heterocycles. The number of benzene rings is 1. The number of anilines is 1. The lowest BCUT2D eigenvalue weighted by molar-refractivity contribution is -0.116. The Kier molecular flexibility index (Phi) is 6.32. The molecule has 0 aliphatic rings. The summed E-state index contributed by atoms with van der Waals surface area (Å²) in [5.41, 5.74) is 0.585. The summed E-state index contributed by atoms with van der Waals surface area (Å²) >= 11 is 0. The van der Waals surface area contributed by atoms with E-state index in [1.165, 1.54) is 26.2 Å². The SMILES string of the molecule is CC(C)NCCC(=O)Nc1ccc(S(=O)(=O)N(C)C)cc1. The van der Waals surface area contributed by atoms with E-state index in [9.17, 15) is 13.2 Å². The lowest BCUT2D eigenvalue weighted by Gasteiger charge is -2.12. The highest BCUT2D eigenvalue weighted by Gasteiger charge is 2.16. The highest BCUT2D eigenvalue weighted by molar-refractivity contribution is 7.89. The zero-order valence-electron chi connectivity index (χ0n) is 12.9. The van der Waals surface area contributed by atoms with E-state index < -0.39 is 10.0 Å². The molecule has 0 aliphatic carbocycles. The maximum atomic E-state index is 11.9. The van der Waals surface area contributed by atoms with Crippen LogP contribution in [-0.2, 0) is 14.8 Å². The summed E-state index contributed by atoms with van der Waals surface area (Å²) < 4.78 is 25.0. The highest BCUT2D eigenvalue weighted by atomic mass is 32.2. The van der Waals surface area contributed by atoms with Gasteiger partial charge in [0.25, 0.3) is 0 Å². The Balaban J connectivity index is 2.61. The molecule has 0 saturated carbocycles. The van der Waals surface area contributed by atoms with E-state index in [1.54, 1.807) is 12.1 Å². The number of nitrogens with one attached hydrogen (secondary N) is 2. The van der Waals surface area contributed by atoms with Gasteiger partial charge in [-0.05, 0) is 24.3 Å². The van der Waals surface area contributed by atoms with E-state index >= 15 is 0 Å². The average Bonchev–Trinajstić information content (AvgIpc) is 2.38. The van der Waals surface area contributed by atoms with E-state index in [1.807, 2.05) is 13.8 Å². The minimum Gasteiger partial charge on any atom is -0.326 e. The normalized spacial score (nSPS) is 11.9. The molecule has 6 nitrogen and oxygen atoms in total. The molecule has 0 aromatic heterocycles. The number of hydrogen-bond donors (Lipinski definition) is 2.